The summed E-state index contributed by atoms with van der Waals surface area (Å²) in [6.07, 6.45) is 0.639. The lowest BCUT2D eigenvalue weighted by atomic mass is 10.1. The molecule has 1 rings (SSSR count). The molecule has 0 unspecified atom stereocenters. The number of halogens is 1. The van der Waals surface area contributed by atoms with Crippen LogP contribution in [0.3, 0.4) is 0 Å². The van der Waals surface area contributed by atoms with E-state index in [1.54, 1.807) is 31.2 Å². The maximum absolute atomic E-state index is 14.0. The van der Waals surface area contributed by atoms with Crippen molar-refractivity contribution in [2.75, 3.05) is 7.11 Å². The second-order valence-electron chi connectivity index (χ2n) is 3.38. The molecule has 1 aromatic rings. The van der Waals surface area contributed by atoms with Gasteiger partial charge in [-0.15, -0.1) is 0 Å². The lowest BCUT2D eigenvalue weighted by Gasteiger charge is -2.06. The zero-order valence-corrected chi connectivity index (χ0v) is 9.83. The van der Waals surface area contributed by atoms with Crippen LogP contribution in [-0.4, -0.2) is 12.8 Å². The fraction of sp³-hybridized carbons (Fsp3) is 0.308. The molecule has 0 aliphatic rings. The van der Waals surface area contributed by atoms with Crippen molar-refractivity contribution in [3.05, 3.63) is 41.5 Å². The molecule has 0 saturated carbocycles. The van der Waals surface area contributed by atoms with Crippen LogP contribution in [-0.2, 0) is 4.84 Å². The zero-order chi connectivity index (χ0) is 12.0. The molecule has 0 aromatic heterocycles. The van der Waals surface area contributed by atoms with Gasteiger partial charge in [-0.05, 0) is 13.3 Å². The third-order valence-corrected chi connectivity index (χ3v) is 2.33. The third kappa shape index (κ3) is 2.92. The molecular formula is C13H16FNO. The van der Waals surface area contributed by atoms with Crippen LogP contribution in [0.1, 0.15) is 25.8 Å². The molecule has 0 saturated heterocycles. The summed E-state index contributed by atoms with van der Waals surface area (Å²) in [6.45, 7) is 3.63. The van der Waals surface area contributed by atoms with E-state index in [0.717, 1.165) is 0 Å². The smallest absolute Gasteiger partial charge is 0.135 e. The van der Waals surface area contributed by atoms with Gasteiger partial charge in [0, 0.05) is 11.1 Å². The highest BCUT2D eigenvalue weighted by atomic mass is 19.1. The number of hydrogen-bond acceptors (Lipinski definition) is 2. The summed E-state index contributed by atoms with van der Waals surface area (Å²) in [6, 6.07) is 8.94. The van der Waals surface area contributed by atoms with E-state index in [1.165, 1.54) is 7.11 Å². The molecule has 1 aromatic carbocycles. The van der Waals surface area contributed by atoms with E-state index in [4.69, 9.17) is 0 Å². The first-order valence-electron chi connectivity index (χ1n) is 5.22. The Hall–Kier alpha value is -1.64. The lowest BCUT2D eigenvalue weighted by Crippen LogP contribution is -2.01. The van der Waals surface area contributed by atoms with Crippen LogP contribution in [0.2, 0.25) is 0 Å². The van der Waals surface area contributed by atoms with E-state index >= 15 is 0 Å². The maximum Gasteiger partial charge on any atom is 0.135 e. The van der Waals surface area contributed by atoms with E-state index in [0.29, 0.717) is 23.3 Å². The Balaban J connectivity index is 3.09. The minimum Gasteiger partial charge on any atom is -0.399 e. The van der Waals surface area contributed by atoms with E-state index < -0.39 is 0 Å². The Kier molecular flexibility index (Phi) is 4.70. The van der Waals surface area contributed by atoms with Gasteiger partial charge in [0.15, 0.2) is 0 Å². The largest absolute Gasteiger partial charge is 0.399 e. The summed E-state index contributed by atoms with van der Waals surface area (Å²) >= 11 is 0. The first-order chi connectivity index (χ1) is 7.70. The quantitative estimate of drug-likeness (QED) is 0.559. The second-order valence-corrected chi connectivity index (χ2v) is 3.38. The van der Waals surface area contributed by atoms with Crippen LogP contribution in [0, 0.1) is 0 Å². The second kappa shape index (κ2) is 6.05. The highest BCUT2D eigenvalue weighted by molar-refractivity contribution is 6.04. The fourth-order valence-electron chi connectivity index (χ4n) is 1.44. The Morgan fingerprint density at radius 1 is 1.31 bits per heavy atom. The Morgan fingerprint density at radius 2 is 1.94 bits per heavy atom. The highest BCUT2D eigenvalue weighted by Gasteiger charge is 2.09. The highest BCUT2D eigenvalue weighted by Crippen LogP contribution is 2.21. The molecule has 0 aliphatic carbocycles. The SMILES string of the molecule is CC/C(=N\OC)C(C)=C(F)c1ccccc1. The van der Waals surface area contributed by atoms with Crippen LogP contribution in [0.5, 0.6) is 0 Å². The third-order valence-electron chi connectivity index (χ3n) is 2.33. The number of benzene rings is 1. The molecule has 0 spiro atoms. The molecule has 3 heteroatoms. The summed E-state index contributed by atoms with van der Waals surface area (Å²) < 4.78 is 14.0. The summed E-state index contributed by atoms with van der Waals surface area (Å²) in [5, 5.41) is 3.81. The van der Waals surface area contributed by atoms with Crippen molar-refractivity contribution in [3.8, 4) is 0 Å². The summed E-state index contributed by atoms with van der Waals surface area (Å²) in [4.78, 5) is 4.69. The molecule has 16 heavy (non-hydrogen) atoms. The molecule has 0 bridgehead atoms. The Morgan fingerprint density at radius 3 is 2.44 bits per heavy atom. The van der Waals surface area contributed by atoms with E-state index in [9.17, 15) is 4.39 Å². The number of nitrogens with zero attached hydrogens (tertiary/aromatic N) is 1. The van der Waals surface area contributed by atoms with E-state index in [2.05, 4.69) is 9.99 Å². The first kappa shape index (κ1) is 12.4. The molecule has 0 radical (unpaired) electrons. The molecule has 0 N–H and O–H groups in total. The topological polar surface area (TPSA) is 21.6 Å². The van der Waals surface area contributed by atoms with Crippen molar-refractivity contribution in [2.45, 2.75) is 20.3 Å². The Bertz CT molecular complexity index is 396. The maximum atomic E-state index is 14.0. The minimum absolute atomic E-state index is 0.252. The van der Waals surface area contributed by atoms with Crippen LogP contribution in [0.4, 0.5) is 4.39 Å². The molecule has 0 fully saturated rings. The lowest BCUT2D eigenvalue weighted by molar-refractivity contribution is 0.213. The molecule has 0 atom stereocenters. The molecule has 0 aliphatic heterocycles. The predicted octanol–water partition coefficient (Wildman–Crippen LogP) is 3.80. The average Bonchev–Trinajstić information content (AvgIpc) is 2.35. The van der Waals surface area contributed by atoms with Crippen LogP contribution >= 0.6 is 0 Å². The van der Waals surface area contributed by atoms with Crippen LogP contribution < -0.4 is 0 Å². The zero-order valence-electron chi connectivity index (χ0n) is 9.83. The van der Waals surface area contributed by atoms with Crippen LogP contribution in [0.15, 0.2) is 41.1 Å². The van der Waals surface area contributed by atoms with Crippen molar-refractivity contribution in [3.63, 3.8) is 0 Å². The van der Waals surface area contributed by atoms with Gasteiger partial charge in [-0.2, -0.15) is 0 Å². The summed E-state index contributed by atoms with van der Waals surface area (Å²) in [5.41, 5.74) is 1.72. The molecule has 86 valence electrons. The minimum atomic E-state index is -0.252. The molecule has 0 amide bonds. The van der Waals surface area contributed by atoms with Gasteiger partial charge in [0.25, 0.3) is 0 Å². The summed E-state index contributed by atoms with van der Waals surface area (Å²) in [5.74, 6) is -0.252. The normalized spacial score (nSPS) is 13.4. The fourth-order valence-corrected chi connectivity index (χ4v) is 1.44. The number of hydrogen-bond donors (Lipinski definition) is 0. The van der Waals surface area contributed by atoms with Crippen molar-refractivity contribution in [2.24, 2.45) is 5.16 Å². The van der Waals surface area contributed by atoms with Gasteiger partial charge >= 0.3 is 0 Å². The Labute approximate surface area is 95.4 Å². The average molecular weight is 221 g/mol. The van der Waals surface area contributed by atoms with Gasteiger partial charge in [-0.25, -0.2) is 4.39 Å². The van der Waals surface area contributed by atoms with Crippen molar-refractivity contribution in [1.82, 2.24) is 0 Å². The predicted molar refractivity (Wildman–Crippen MR) is 64.9 cm³/mol. The number of allylic oxidation sites excluding steroid dienone is 1. The number of rotatable bonds is 4. The van der Waals surface area contributed by atoms with Gasteiger partial charge in [0.2, 0.25) is 0 Å². The monoisotopic (exact) mass is 221 g/mol. The van der Waals surface area contributed by atoms with Crippen molar-refractivity contribution < 1.29 is 9.23 Å². The van der Waals surface area contributed by atoms with Gasteiger partial charge in [-0.3, -0.25) is 0 Å². The van der Waals surface area contributed by atoms with Crippen LogP contribution in [0.25, 0.3) is 5.83 Å². The first-order valence-corrected chi connectivity index (χ1v) is 5.22. The van der Waals surface area contributed by atoms with Gasteiger partial charge in [-0.1, -0.05) is 42.4 Å². The van der Waals surface area contributed by atoms with Crippen molar-refractivity contribution >= 4 is 11.5 Å². The molecule has 0 heterocycles. The molecule has 2 nitrogen and oxygen atoms in total. The van der Waals surface area contributed by atoms with Gasteiger partial charge in [0.1, 0.15) is 12.9 Å². The van der Waals surface area contributed by atoms with Gasteiger partial charge in [0.05, 0.1) is 5.71 Å². The van der Waals surface area contributed by atoms with Gasteiger partial charge < -0.3 is 4.84 Å². The summed E-state index contributed by atoms with van der Waals surface area (Å²) in [7, 11) is 1.46. The van der Waals surface area contributed by atoms with E-state index in [1.807, 2.05) is 13.0 Å². The van der Waals surface area contributed by atoms with E-state index in [-0.39, 0.29) is 5.83 Å². The standard InChI is InChI=1S/C13H16FNO/c1-4-12(15-16-3)10(2)13(14)11-8-6-5-7-9-11/h5-9H,4H2,1-3H3/b13-10?,15-12+. The van der Waals surface area contributed by atoms with Crippen molar-refractivity contribution in [1.29, 1.82) is 0 Å². The molecular weight excluding hydrogens is 205 g/mol. The number of oxime groups is 1.